The molecule has 0 spiro atoms. The van der Waals surface area contributed by atoms with E-state index in [1.54, 1.807) is 29.0 Å². The Morgan fingerprint density at radius 2 is 1.84 bits per heavy atom. The van der Waals surface area contributed by atoms with Gasteiger partial charge in [-0.3, -0.25) is 14.4 Å². The highest BCUT2D eigenvalue weighted by Gasteiger charge is 2.26. The summed E-state index contributed by atoms with van der Waals surface area (Å²) in [6.07, 6.45) is 4.77. The zero-order valence-electron chi connectivity index (χ0n) is 18.5. The zero-order chi connectivity index (χ0) is 22.4. The third-order valence-electron chi connectivity index (χ3n) is 5.53. The van der Waals surface area contributed by atoms with Gasteiger partial charge in [-0.2, -0.15) is 0 Å². The first-order valence-corrected chi connectivity index (χ1v) is 10.8. The molecule has 2 aromatic rings. The third kappa shape index (κ3) is 5.61. The molecule has 1 aromatic heterocycles. The minimum Gasteiger partial charge on any atom is -0.383 e. The number of carbonyl (C=O) groups excluding carboxylic acids is 2. The van der Waals surface area contributed by atoms with E-state index in [0.29, 0.717) is 38.7 Å². The van der Waals surface area contributed by atoms with E-state index >= 15 is 0 Å². The molecule has 0 atom stereocenters. The van der Waals surface area contributed by atoms with Gasteiger partial charge in [0.25, 0.3) is 11.8 Å². The lowest BCUT2D eigenvalue weighted by Gasteiger charge is -2.29. The van der Waals surface area contributed by atoms with Crippen LogP contribution < -0.4 is 10.7 Å². The van der Waals surface area contributed by atoms with Crippen molar-refractivity contribution in [2.24, 2.45) is 5.92 Å². The molecule has 7 nitrogen and oxygen atoms in total. The fourth-order valence-corrected chi connectivity index (χ4v) is 3.68. The van der Waals surface area contributed by atoms with Gasteiger partial charge in [-0.15, -0.1) is 0 Å². The topological polar surface area (TPSA) is 80.6 Å². The summed E-state index contributed by atoms with van der Waals surface area (Å²) in [4.78, 5) is 40.8. The molecule has 1 aromatic carbocycles. The van der Waals surface area contributed by atoms with Crippen LogP contribution in [0.3, 0.4) is 0 Å². The van der Waals surface area contributed by atoms with E-state index in [1.165, 1.54) is 5.56 Å². The lowest BCUT2D eigenvalue weighted by molar-refractivity contribution is 0.0732. The molecule has 0 saturated heterocycles. The van der Waals surface area contributed by atoms with Crippen LogP contribution in [0.15, 0.2) is 41.5 Å². The van der Waals surface area contributed by atoms with Crippen molar-refractivity contribution in [3.63, 3.8) is 0 Å². The molecule has 0 aliphatic carbocycles. The quantitative estimate of drug-likeness (QED) is 0.659. The van der Waals surface area contributed by atoms with Gasteiger partial charge < -0.3 is 19.5 Å². The van der Waals surface area contributed by atoms with Crippen molar-refractivity contribution in [2.75, 3.05) is 26.8 Å². The molecule has 0 fully saturated rings. The Hall–Kier alpha value is -2.93. The Morgan fingerprint density at radius 3 is 2.55 bits per heavy atom. The summed E-state index contributed by atoms with van der Waals surface area (Å²) in [6, 6.07) is 8.03. The molecule has 2 heterocycles. The molecule has 1 N–H and O–H groups in total. The summed E-state index contributed by atoms with van der Waals surface area (Å²) in [5.41, 5.74) is 1.83. The molecule has 166 valence electrons. The highest BCUT2D eigenvalue weighted by molar-refractivity contribution is 5.99. The van der Waals surface area contributed by atoms with Crippen LogP contribution in [0.4, 0.5) is 0 Å². The average molecular weight is 426 g/mol. The average Bonchev–Trinajstić information content (AvgIpc) is 2.77. The van der Waals surface area contributed by atoms with Gasteiger partial charge in [-0.1, -0.05) is 38.1 Å². The predicted molar refractivity (Wildman–Crippen MR) is 119 cm³/mol. The van der Waals surface area contributed by atoms with Crippen LogP contribution in [-0.4, -0.2) is 48.1 Å². The fraction of sp³-hybridized carbons (Fsp3) is 0.458. The van der Waals surface area contributed by atoms with E-state index in [4.69, 9.17) is 4.74 Å². The minimum atomic E-state index is -0.528. The number of methoxy groups -OCH3 is 1. The van der Waals surface area contributed by atoms with Gasteiger partial charge in [-0.05, 0) is 29.9 Å². The van der Waals surface area contributed by atoms with Gasteiger partial charge in [0.1, 0.15) is 11.1 Å². The maximum absolute atomic E-state index is 13.3. The summed E-state index contributed by atoms with van der Waals surface area (Å²) in [5, 5.41) is 2.69. The first-order chi connectivity index (χ1) is 14.9. The van der Waals surface area contributed by atoms with E-state index < -0.39 is 11.3 Å². The number of rotatable bonds is 8. The lowest BCUT2D eigenvalue weighted by atomic mass is 9.99. The van der Waals surface area contributed by atoms with Crippen molar-refractivity contribution in [3.8, 4) is 0 Å². The second-order valence-corrected chi connectivity index (χ2v) is 8.33. The minimum absolute atomic E-state index is 0.0110. The molecule has 31 heavy (non-hydrogen) atoms. The zero-order valence-corrected chi connectivity index (χ0v) is 18.5. The number of nitrogens with one attached hydrogen (secondary N) is 1. The Kier molecular flexibility index (Phi) is 7.63. The van der Waals surface area contributed by atoms with Crippen LogP contribution in [0.1, 0.15) is 52.1 Å². The number of benzene rings is 1. The van der Waals surface area contributed by atoms with Crippen molar-refractivity contribution in [2.45, 2.75) is 39.8 Å². The van der Waals surface area contributed by atoms with Crippen LogP contribution >= 0.6 is 0 Å². The first-order valence-electron chi connectivity index (χ1n) is 10.8. The Bertz CT molecular complexity index is 997. The SMILES string of the molecule is COCCNC(=O)c1cn(CCC(C)C)cc(C(=O)N2CCc3ccccc3C2)c1=O. The molecular weight excluding hydrogens is 394 g/mol. The molecule has 3 rings (SSSR count). The second kappa shape index (κ2) is 10.4. The van der Waals surface area contributed by atoms with Gasteiger partial charge in [0.15, 0.2) is 0 Å². The third-order valence-corrected chi connectivity index (χ3v) is 5.53. The van der Waals surface area contributed by atoms with Crippen LogP contribution in [0.2, 0.25) is 0 Å². The summed E-state index contributed by atoms with van der Waals surface area (Å²) in [6.45, 7) is 6.49. The largest absolute Gasteiger partial charge is 0.383 e. The van der Waals surface area contributed by atoms with Gasteiger partial charge in [0.05, 0.1) is 6.61 Å². The van der Waals surface area contributed by atoms with Crippen molar-refractivity contribution < 1.29 is 14.3 Å². The van der Waals surface area contributed by atoms with Crippen molar-refractivity contribution in [1.29, 1.82) is 0 Å². The molecule has 1 aliphatic rings. The van der Waals surface area contributed by atoms with E-state index in [1.807, 2.05) is 18.2 Å². The van der Waals surface area contributed by atoms with E-state index in [9.17, 15) is 14.4 Å². The summed E-state index contributed by atoms with van der Waals surface area (Å²) in [5.74, 6) is -0.362. The molecule has 0 radical (unpaired) electrons. The molecule has 0 bridgehead atoms. The monoisotopic (exact) mass is 425 g/mol. The number of pyridine rings is 1. The Balaban J connectivity index is 1.91. The number of nitrogens with zero attached hydrogens (tertiary/aromatic N) is 2. The molecular formula is C24H31N3O4. The highest BCUT2D eigenvalue weighted by Crippen LogP contribution is 2.20. The Labute approximate surface area is 183 Å². The molecule has 1 aliphatic heterocycles. The molecule has 0 unspecified atom stereocenters. The van der Waals surface area contributed by atoms with Gasteiger partial charge in [0, 0.05) is 45.7 Å². The van der Waals surface area contributed by atoms with Gasteiger partial charge in [-0.25, -0.2) is 0 Å². The predicted octanol–water partition coefficient (Wildman–Crippen LogP) is 2.47. The number of carbonyl (C=O) groups is 2. The standard InChI is InChI=1S/C24H31N3O4/c1-17(2)8-11-26-15-20(23(29)25-10-13-31-3)22(28)21(16-26)24(30)27-12-9-18-6-4-5-7-19(18)14-27/h4-7,15-17H,8-14H2,1-3H3,(H,25,29). The number of hydrogen-bond donors (Lipinski definition) is 1. The van der Waals surface area contributed by atoms with E-state index in [0.717, 1.165) is 18.4 Å². The summed E-state index contributed by atoms with van der Waals surface area (Å²) < 4.78 is 6.75. The number of aryl methyl sites for hydroxylation is 1. The maximum atomic E-state index is 13.3. The van der Waals surface area contributed by atoms with E-state index in [2.05, 4.69) is 25.2 Å². The number of aromatic nitrogens is 1. The second-order valence-electron chi connectivity index (χ2n) is 8.33. The molecule has 7 heteroatoms. The maximum Gasteiger partial charge on any atom is 0.259 e. The Morgan fingerprint density at radius 1 is 1.13 bits per heavy atom. The lowest BCUT2D eigenvalue weighted by Crippen LogP contribution is -2.40. The molecule has 0 saturated carbocycles. The van der Waals surface area contributed by atoms with Crippen LogP contribution in [0.25, 0.3) is 0 Å². The van der Waals surface area contributed by atoms with Gasteiger partial charge in [0.2, 0.25) is 5.43 Å². The first kappa shape index (κ1) is 22.7. The molecule has 2 amide bonds. The highest BCUT2D eigenvalue weighted by atomic mass is 16.5. The number of hydrogen-bond acceptors (Lipinski definition) is 4. The smallest absolute Gasteiger partial charge is 0.259 e. The van der Waals surface area contributed by atoms with Gasteiger partial charge >= 0.3 is 0 Å². The van der Waals surface area contributed by atoms with Crippen molar-refractivity contribution in [1.82, 2.24) is 14.8 Å². The number of amides is 2. The van der Waals surface area contributed by atoms with Crippen LogP contribution in [-0.2, 0) is 24.2 Å². The normalized spacial score (nSPS) is 13.2. The fourth-order valence-electron chi connectivity index (χ4n) is 3.68. The van der Waals surface area contributed by atoms with Crippen molar-refractivity contribution in [3.05, 3.63) is 69.1 Å². The number of fused-ring (bicyclic) bond motifs is 1. The van der Waals surface area contributed by atoms with E-state index in [-0.39, 0.29) is 17.0 Å². The van der Waals surface area contributed by atoms with Crippen molar-refractivity contribution >= 4 is 11.8 Å². The number of ether oxygens (including phenoxy) is 1. The van der Waals surface area contributed by atoms with Crippen LogP contribution in [0, 0.1) is 5.92 Å². The summed E-state index contributed by atoms with van der Waals surface area (Å²) in [7, 11) is 1.54. The van der Waals surface area contributed by atoms with Crippen LogP contribution in [0.5, 0.6) is 0 Å². The summed E-state index contributed by atoms with van der Waals surface area (Å²) >= 11 is 0.